The molecule has 2 aromatic rings. The molecule has 0 amide bonds. The summed E-state index contributed by atoms with van der Waals surface area (Å²) in [5, 5.41) is 9.12. The molecular weight excluding hydrogens is 228 g/mol. The standard InChI is InChI=1S/C14H12N2O2/c17-14(18)13-12(15-6-7-16-13)11-5-4-9-2-1-3-10(9)8-11/h4-8H,1-3H2,(H,17,18). The minimum absolute atomic E-state index is 0.00967. The molecule has 4 heteroatoms. The van der Waals surface area contributed by atoms with E-state index in [0.717, 1.165) is 18.4 Å². The van der Waals surface area contributed by atoms with Crippen molar-refractivity contribution < 1.29 is 9.90 Å². The molecule has 1 aromatic carbocycles. The monoisotopic (exact) mass is 240 g/mol. The molecule has 0 bridgehead atoms. The third kappa shape index (κ3) is 1.76. The normalized spacial score (nSPS) is 13.3. The lowest BCUT2D eigenvalue weighted by atomic mass is 10.0. The number of rotatable bonds is 2. The van der Waals surface area contributed by atoms with Crippen molar-refractivity contribution in [3.05, 3.63) is 47.4 Å². The van der Waals surface area contributed by atoms with Crippen LogP contribution in [0.15, 0.2) is 30.6 Å². The topological polar surface area (TPSA) is 63.1 Å². The zero-order valence-electron chi connectivity index (χ0n) is 9.76. The van der Waals surface area contributed by atoms with Crippen LogP contribution in [0.5, 0.6) is 0 Å². The molecule has 1 aromatic heterocycles. The molecule has 0 atom stereocenters. The SMILES string of the molecule is O=C(O)c1nccnc1-c1ccc2c(c1)CCC2. The average molecular weight is 240 g/mol. The molecule has 0 fully saturated rings. The summed E-state index contributed by atoms with van der Waals surface area (Å²) in [6, 6.07) is 6.04. The van der Waals surface area contributed by atoms with Crippen LogP contribution in [0, 0.1) is 0 Å². The van der Waals surface area contributed by atoms with Gasteiger partial charge in [-0.15, -0.1) is 0 Å². The highest BCUT2D eigenvalue weighted by molar-refractivity contribution is 5.92. The minimum atomic E-state index is -1.04. The van der Waals surface area contributed by atoms with Crippen LogP contribution in [-0.2, 0) is 12.8 Å². The summed E-state index contributed by atoms with van der Waals surface area (Å²) in [6.07, 6.45) is 6.27. The maximum Gasteiger partial charge on any atom is 0.356 e. The molecule has 1 aliphatic rings. The Labute approximate surface area is 104 Å². The zero-order valence-corrected chi connectivity index (χ0v) is 9.76. The van der Waals surface area contributed by atoms with Crippen molar-refractivity contribution in [1.82, 2.24) is 9.97 Å². The fraction of sp³-hybridized carbons (Fsp3) is 0.214. The number of aromatic carboxylic acids is 1. The first kappa shape index (κ1) is 10.9. The number of aryl methyl sites for hydroxylation is 2. The number of hydrogen-bond donors (Lipinski definition) is 1. The van der Waals surface area contributed by atoms with Gasteiger partial charge >= 0.3 is 5.97 Å². The molecule has 1 heterocycles. The highest BCUT2D eigenvalue weighted by atomic mass is 16.4. The van der Waals surface area contributed by atoms with Gasteiger partial charge in [0.2, 0.25) is 0 Å². The number of carbonyl (C=O) groups is 1. The maximum atomic E-state index is 11.1. The quantitative estimate of drug-likeness (QED) is 0.875. The summed E-state index contributed by atoms with van der Waals surface area (Å²) < 4.78 is 0. The van der Waals surface area contributed by atoms with Crippen LogP contribution in [0.4, 0.5) is 0 Å². The first-order valence-corrected chi connectivity index (χ1v) is 5.92. The van der Waals surface area contributed by atoms with Crippen molar-refractivity contribution in [2.45, 2.75) is 19.3 Å². The van der Waals surface area contributed by atoms with E-state index in [1.165, 1.54) is 29.9 Å². The summed E-state index contributed by atoms with van der Waals surface area (Å²) in [7, 11) is 0. The molecule has 18 heavy (non-hydrogen) atoms. The predicted molar refractivity (Wildman–Crippen MR) is 66.5 cm³/mol. The molecule has 0 unspecified atom stereocenters. The van der Waals surface area contributed by atoms with E-state index < -0.39 is 5.97 Å². The zero-order chi connectivity index (χ0) is 12.5. The molecule has 1 aliphatic carbocycles. The maximum absolute atomic E-state index is 11.1. The number of carboxylic acid groups (broad SMARTS) is 1. The predicted octanol–water partition coefficient (Wildman–Crippen LogP) is 2.33. The molecule has 0 spiro atoms. The van der Waals surface area contributed by atoms with Crippen molar-refractivity contribution in [3.8, 4) is 11.3 Å². The third-order valence-electron chi connectivity index (χ3n) is 3.27. The fourth-order valence-electron chi connectivity index (χ4n) is 2.42. The van der Waals surface area contributed by atoms with Gasteiger partial charge in [-0.05, 0) is 36.5 Å². The summed E-state index contributed by atoms with van der Waals surface area (Å²) >= 11 is 0. The molecule has 0 saturated carbocycles. The molecule has 90 valence electrons. The van der Waals surface area contributed by atoms with Crippen LogP contribution in [0.1, 0.15) is 28.0 Å². The van der Waals surface area contributed by atoms with E-state index in [-0.39, 0.29) is 5.69 Å². The van der Waals surface area contributed by atoms with Crippen molar-refractivity contribution in [1.29, 1.82) is 0 Å². The van der Waals surface area contributed by atoms with E-state index in [1.54, 1.807) is 0 Å². The molecule has 0 saturated heterocycles. The Morgan fingerprint density at radius 2 is 1.89 bits per heavy atom. The molecule has 3 rings (SSSR count). The van der Waals surface area contributed by atoms with Crippen LogP contribution in [-0.4, -0.2) is 21.0 Å². The Morgan fingerprint density at radius 1 is 1.11 bits per heavy atom. The Bertz CT molecular complexity index is 623. The van der Waals surface area contributed by atoms with E-state index in [9.17, 15) is 4.79 Å². The van der Waals surface area contributed by atoms with E-state index in [0.29, 0.717) is 5.69 Å². The smallest absolute Gasteiger partial charge is 0.356 e. The van der Waals surface area contributed by atoms with Gasteiger partial charge in [-0.25, -0.2) is 9.78 Å². The first-order chi connectivity index (χ1) is 8.75. The van der Waals surface area contributed by atoms with E-state index >= 15 is 0 Å². The van der Waals surface area contributed by atoms with E-state index in [4.69, 9.17) is 5.11 Å². The highest BCUT2D eigenvalue weighted by Gasteiger charge is 2.17. The van der Waals surface area contributed by atoms with Gasteiger partial charge in [-0.2, -0.15) is 0 Å². The van der Waals surface area contributed by atoms with Crippen molar-refractivity contribution in [2.24, 2.45) is 0 Å². The van der Waals surface area contributed by atoms with Crippen molar-refractivity contribution >= 4 is 5.97 Å². The van der Waals surface area contributed by atoms with Crippen molar-refractivity contribution in [2.75, 3.05) is 0 Å². The average Bonchev–Trinajstić information content (AvgIpc) is 2.85. The summed E-state index contributed by atoms with van der Waals surface area (Å²) in [6.45, 7) is 0. The van der Waals surface area contributed by atoms with Gasteiger partial charge in [0.25, 0.3) is 0 Å². The van der Waals surface area contributed by atoms with Crippen LogP contribution in [0.2, 0.25) is 0 Å². The van der Waals surface area contributed by atoms with Gasteiger partial charge in [-0.3, -0.25) is 4.98 Å². The lowest BCUT2D eigenvalue weighted by molar-refractivity contribution is 0.0691. The number of hydrogen-bond acceptors (Lipinski definition) is 3. The second-order valence-corrected chi connectivity index (χ2v) is 4.40. The van der Waals surface area contributed by atoms with Crippen LogP contribution < -0.4 is 0 Å². The molecule has 0 radical (unpaired) electrons. The fourth-order valence-corrected chi connectivity index (χ4v) is 2.42. The first-order valence-electron chi connectivity index (χ1n) is 5.92. The van der Waals surface area contributed by atoms with Crippen molar-refractivity contribution in [3.63, 3.8) is 0 Å². The van der Waals surface area contributed by atoms with E-state index in [2.05, 4.69) is 16.0 Å². The summed E-state index contributed by atoms with van der Waals surface area (Å²) in [5.41, 5.74) is 3.95. The Balaban J connectivity index is 2.13. The third-order valence-corrected chi connectivity index (χ3v) is 3.27. The largest absolute Gasteiger partial charge is 0.476 e. The van der Waals surface area contributed by atoms with Gasteiger partial charge in [0.15, 0.2) is 5.69 Å². The van der Waals surface area contributed by atoms with Crippen LogP contribution in [0.3, 0.4) is 0 Å². The molecule has 4 nitrogen and oxygen atoms in total. The summed E-state index contributed by atoms with van der Waals surface area (Å²) in [5.74, 6) is -1.04. The van der Waals surface area contributed by atoms with E-state index in [1.807, 2.05) is 12.1 Å². The Kier molecular flexibility index (Phi) is 2.55. The highest BCUT2D eigenvalue weighted by Crippen LogP contribution is 2.28. The minimum Gasteiger partial charge on any atom is -0.476 e. The second kappa shape index (κ2) is 4.22. The van der Waals surface area contributed by atoms with Gasteiger partial charge in [-0.1, -0.05) is 12.1 Å². The number of benzene rings is 1. The second-order valence-electron chi connectivity index (χ2n) is 4.40. The molecule has 0 aliphatic heterocycles. The van der Waals surface area contributed by atoms with Gasteiger partial charge in [0.1, 0.15) is 5.69 Å². The number of aromatic nitrogens is 2. The van der Waals surface area contributed by atoms with Crippen LogP contribution >= 0.6 is 0 Å². The number of fused-ring (bicyclic) bond motifs is 1. The lowest BCUT2D eigenvalue weighted by Crippen LogP contribution is -2.04. The van der Waals surface area contributed by atoms with Gasteiger partial charge < -0.3 is 5.11 Å². The van der Waals surface area contributed by atoms with Gasteiger partial charge in [0, 0.05) is 18.0 Å². The van der Waals surface area contributed by atoms with Crippen LogP contribution in [0.25, 0.3) is 11.3 Å². The Hall–Kier alpha value is -2.23. The lowest BCUT2D eigenvalue weighted by Gasteiger charge is -2.06. The molecule has 1 N–H and O–H groups in total. The van der Waals surface area contributed by atoms with Gasteiger partial charge in [0.05, 0.1) is 0 Å². The molecular formula is C14H12N2O2. The number of carboxylic acids is 1. The number of nitrogens with zero attached hydrogens (tertiary/aromatic N) is 2. The summed E-state index contributed by atoms with van der Waals surface area (Å²) in [4.78, 5) is 19.2. The Morgan fingerprint density at radius 3 is 2.72 bits per heavy atom.